The number of rotatable bonds is 7. The molecule has 7 heteroatoms. The van der Waals surface area contributed by atoms with E-state index in [4.69, 9.17) is 9.47 Å². The maximum absolute atomic E-state index is 12.9. The summed E-state index contributed by atoms with van der Waals surface area (Å²) in [6.07, 6.45) is 0.651. The fraction of sp³-hybridized carbons (Fsp3) is 0.368. The van der Waals surface area contributed by atoms with E-state index in [1.807, 2.05) is 18.2 Å². The molecule has 0 amide bonds. The Bertz CT molecular complexity index is 852. The molecule has 2 aromatic rings. The third-order valence-corrected chi connectivity index (χ3v) is 6.13. The summed E-state index contributed by atoms with van der Waals surface area (Å²) in [4.78, 5) is 0. The predicted octanol–water partition coefficient (Wildman–Crippen LogP) is 2.69. The largest absolute Gasteiger partial charge is 0.493 e. The summed E-state index contributed by atoms with van der Waals surface area (Å²) in [6.45, 7) is 0.878. The first-order valence-corrected chi connectivity index (χ1v) is 10.3. The fourth-order valence-corrected chi connectivity index (χ4v) is 4.61. The van der Waals surface area contributed by atoms with E-state index in [2.05, 4.69) is 5.32 Å². The standard InChI is InChI=1S/C19H22FNO4S/c1-24-19-10-15(11-21-17-8-9-26(22,23)13-17)4-7-18(19)25-12-14-2-5-16(20)6-3-14/h2-7,10,17,21H,8-9,11-13H2,1H3. The molecule has 0 radical (unpaired) electrons. The van der Waals surface area contributed by atoms with Crippen LogP contribution in [0.15, 0.2) is 42.5 Å². The molecular formula is C19H22FNO4S. The average molecular weight is 379 g/mol. The smallest absolute Gasteiger partial charge is 0.161 e. The number of ether oxygens (including phenoxy) is 2. The summed E-state index contributed by atoms with van der Waals surface area (Å²) in [7, 11) is -1.32. The second-order valence-corrected chi connectivity index (χ2v) is 8.61. The van der Waals surface area contributed by atoms with E-state index in [-0.39, 0.29) is 23.4 Å². The molecule has 1 fully saturated rings. The number of hydrogen-bond acceptors (Lipinski definition) is 5. The van der Waals surface area contributed by atoms with Crippen molar-refractivity contribution in [3.8, 4) is 11.5 Å². The van der Waals surface area contributed by atoms with Crippen LogP contribution in [0, 0.1) is 5.82 Å². The molecule has 1 saturated heterocycles. The van der Waals surface area contributed by atoms with Gasteiger partial charge in [-0.2, -0.15) is 0 Å². The normalized spacial score (nSPS) is 18.6. The Morgan fingerprint density at radius 2 is 1.85 bits per heavy atom. The first kappa shape index (κ1) is 18.7. The summed E-state index contributed by atoms with van der Waals surface area (Å²) in [5.74, 6) is 1.38. The van der Waals surface area contributed by atoms with Crippen molar-refractivity contribution < 1.29 is 22.3 Å². The van der Waals surface area contributed by atoms with E-state index >= 15 is 0 Å². The molecular weight excluding hydrogens is 357 g/mol. The van der Waals surface area contributed by atoms with Gasteiger partial charge in [0.1, 0.15) is 12.4 Å². The van der Waals surface area contributed by atoms with Gasteiger partial charge in [0, 0.05) is 12.6 Å². The van der Waals surface area contributed by atoms with Gasteiger partial charge < -0.3 is 14.8 Å². The Balaban J connectivity index is 1.59. The van der Waals surface area contributed by atoms with Gasteiger partial charge in [0.15, 0.2) is 21.3 Å². The zero-order valence-electron chi connectivity index (χ0n) is 14.6. The highest BCUT2D eigenvalue weighted by Gasteiger charge is 2.27. The molecule has 1 aliphatic rings. The lowest BCUT2D eigenvalue weighted by Crippen LogP contribution is -2.29. The molecule has 1 unspecified atom stereocenters. The van der Waals surface area contributed by atoms with Crippen LogP contribution in [0.1, 0.15) is 17.5 Å². The van der Waals surface area contributed by atoms with Gasteiger partial charge >= 0.3 is 0 Å². The lowest BCUT2D eigenvalue weighted by Gasteiger charge is -2.14. The van der Waals surface area contributed by atoms with E-state index in [1.165, 1.54) is 12.1 Å². The molecule has 0 aromatic heterocycles. The molecule has 0 aliphatic carbocycles. The molecule has 5 nitrogen and oxygen atoms in total. The lowest BCUT2D eigenvalue weighted by molar-refractivity contribution is 0.284. The summed E-state index contributed by atoms with van der Waals surface area (Å²) in [5, 5.41) is 3.28. The van der Waals surface area contributed by atoms with Crippen LogP contribution in [-0.4, -0.2) is 33.1 Å². The fourth-order valence-electron chi connectivity index (χ4n) is 2.90. The number of nitrogens with one attached hydrogen (secondary N) is 1. The summed E-state index contributed by atoms with van der Waals surface area (Å²) < 4.78 is 47.1. The zero-order valence-corrected chi connectivity index (χ0v) is 15.4. The van der Waals surface area contributed by atoms with Crippen LogP contribution in [0.4, 0.5) is 4.39 Å². The quantitative estimate of drug-likeness (QED) is 0.801. The molecule has 2 aromatic carbocycles. The van der Waals surface area contributed by atoms with Crippen molar-refractivity contribution in [2.75, 3.05) is 18.6 Å². The van der Waals surface area contributed by atoms with Crippen molar-refractivity contribution in [1.29, 1.82) is 0 Å². The molecule has 140 valence electrons. The van der Waals surface area contributed by atoms with E-state index in [0.29, 0.717) is 31.1 Å². The van der Waals surface area contributed by atoms with Gasteiger partial charge in [-0.1, -0.05) is 18.2 Å². The van der Waals surface area contributed by atoms with Crippen molar-refractivity contribution in [2.24, 2.45) is 0 Å². The monoisotopic (exact) mass is 379 g/mol. The van der Waals surface area contributed by atoms with Crippen LogP contribution in [-0.2, 0) is 23.0 Å². The van der Waals surface area contributed by atoms with Gasteiger partial charge in [-0.25, -0.2) is 12.8 Å². The summed E-state index contributed by atoms with van der Waals surface area (Å²) in [6, 6.07) is 11.8. The van der Waals surface area contributed by atoms with Crippen LogP contribution in [0.25, 0.3) is 0 Å². The van der Waals surface area contributed by atoms with Crippen LogP contribution in [0.2, 0.25) is 0 Å². The number of methoxy groups -OCH3 is 1. The van der Waals surface area contributed by atoms with Crippen molar-refractivity contribution in [3.05, 3.63) is 59.4 Å². The van der Waals surface area contributed by atoms with Gasteiger partial charge in [-0.05, 0) is 41.8 Å². The highest BCUT2D eigenvalue weighted by Crippen LogP contribution is 2.29. The molecule has 1 aliphatic heterocycles. The van der Waals surface area contributed by atoms with Crippen LogP contribution in [0.3, 0.4) is 0 Å². The topological polar surface area (TPSA) is 64.6 Å². The Morgan fingerprint density at radius 1 is 1.12 bits per heavy atom. The first-order valence-electron chi connectivity index (χ1n) is 8.43. The highest BCUT2D eigenvalue weighted by atomic mass is 32.2. The van der Waals surface area contributed by atoms with Gasteiger partial charge in [0.05, 0.1) is 18.6 Å². The van der Waals surface area contributed by atoms with E-state index in [1.54, 1.807) is 19.2 Å². The van der Waals surface area contributed by atoms with Crippen molar-refractivity contribution >= 4 is 9.84 Å². The van der Waals surface area contributed by atoms with Crippen molar-refractivity contribution in [3.63, 3.8) is 0 Å². The predicted molar refractivity (Wildman–Crippen MR) is 97.6 cm³/mol. The maximum Gasteiger partial charge on any atom is 0.161 e. The molecule has 1 N–H and O–H groups in total. The first-order chi connectivity index (χ1) is 12.4. The number of benzene rings is 2. The van der Waals surface area contributed by atoms with E-state index < -0.39 is 9.84 Å². The molecule has 26 heavy (non-hydrogen) atoms. The van der Waals surface area contributed by atoms with Gasteiger partial charge in [0.2, 0.25) is 0 Å². The maximum atomic E-state index is 12.9. The van der Waals surface area contributed by atoms with Crippen LogP contribution >= 0.6 is 0 Å². The average Bonchev–Trinajstić information content (AvgIpc) is 2.98. The molecule has 1 atom stereocenters. The van der Waals surface area contributed by atoms with Crippen LogP contribution in [0.5, 0.6) is 11.5 Å². The second kappa shape index (κ2) is 8.05. The third-order valence-electron chi connectivity index (χ3n) is 4.36. The lowest BCUT2D eigenvalue weighted by atomic mass is 10.1. The Morgan fingerprint density at radius 3 is 2.50 bits per heavy atom. The minimum Gasteiger partial charge on any atom is -0.493 e. The van der Waals surface area contributed by atoms with E-state index in [9.17, 15) is 12.8 Å². The van der Waals surface area contributed by atoms with Gasteiger partial charge in [-0.15, -0.1) is 0 Å². The molecule has 3 rings (SSSR count). The Hall–Kier alpha value is -2.12. The number of halogens is 1. The second-order valence-electron chi connectivity index (χ2n) is 6.38. The van der Waals surface area contributed by atoms with Gasteiger partial charge in [-0.3, -0.25) is 0 Å². The molecule has 0 saturated carbocycles. The minimum absolute atomic E-state index is 0.000368. The number of sulfone groups is 1. The third kappa shape index (κ3) is 4.95. The molecule has 1 heterocycles. The van der Waals surface area contributed by atoms with E-state index in [0.717, 1.165) is 11.1 Å². The summed E-state index contributed by atoms with van der Waals surface area (Å²) in [5.41, 5.74) is 1.85. The SMILES string of the molecule is COc1cc(CNC2CCS(=O)(=O)C2)ccc1OCc1ccc(F)cc1. The summed E-state index contributed by atoms with van der Waals surface area (Å²) >= 11 is 0. The van der Waals surface area contributed by atoms with Gasteiger partial charge in [0.25, 0.3) is 0 Å². The zero-order chi connectivity index (χ0) is 18.6. The van der Waals surface area contributed by atoms with Crippen LogP contribution < -0.4 is 14.8 Å². The molecule has 0 bridgehead atoms. The minimum atomic E-state index is -2.89. The number of hydrogen-bond donors (Lipinski definition) is 1. The Labute approximate surface area is 153 Å². The Kier molecular flexibility index (Phi) is 5.78. The highest BCUT2D eigenvalue weighted by molar-refractivity contribution is 7.91. The van der Waals surface area contributed by atoms with Crippen molar-refractivity contribution in [1.82, 2.24) is 5.32 Å². The van der Waals surface area contributed by atoms with Crippen molar-refractivity contribution in [2.45, 2.75) is 25.6 Å². The molecule has 0 spiro atoms.